The minimum atomic E-state index is -4.68. The van der Waals surface area contributed by atoms with Crippen molar-refractivity contribution in [3.8, 4) is 17.1 Å². The number of hydrogen-bond donors (Lipinski definition) is 3. The van der Waals surface area contributed by atoms with Crippen molar-refractivity contribution >= 4 is 32.7 Å². The molecule has 3 heterocycles. The van der Waals surface area contributed by atoms with Gasteiger partial charge in [-0.05, 0) is 36.4 Å². The first-order valence-electron chi connectivity index (χ1n) is 8.84. The van der Waals surface area contributed by atoms with Crippen LogP contribution >= 0.6 is 11.3 Å². The van der Waals surface area contributed by atoms with Gasteiger partial charge in [-0.3, -0.25) is 14.8 Å². The zero-order chi connectivity index (χ0) is 23.6. The Balaban J connectivity index is 0.000000191. The fourth-order valence-electron chi connectivity index (χ4n) is 2.15. The molecular weight excluding hydrogens is 447 g/mol. The van der Waals surface area contributed by atoms with Crippen LogP contribution in [0.25, 0.3) is 21.6 Å². The molecular formula is C20H18F3N5O3S. The molecule has 0 atom stereocenters. The van der Waals surface area contributed by atoms with Gasteiger partial charge in [0.25, 0.3) is 0 Å². The Kier molecular flexibility index (Phi) is 8.86. The third-order valence-electron chi connectivity index (χ3n) is 3.38. The molecule has 0 unspecified atom stereocenters. The van der Waals surface area contributed by atoms with Gasteiger partial charge >= 0.3 is 12.3 Å². The van der Waals surface area contributed by atoms with Gasteiger partial charge in [0.15, 0.2) is 5.13 Å². The summed E-state index contributed by atoms with van der Waals surface area (Å²) in [5, 5.41) is 7.91. The Bertz CT molecular complexity index is 1090. The van der Waals surface area contributed by atoms with Crippen LogP contribution in [0.4, 0.5) is 18.3 Å². The normalized spacial score (nSPS) is 10.4. The number of anilines is 1. The molecule has 0 aliphatic rings. The summed E-state index contributed by atoms with van der Waals surface area (Å²) >= 11 is 1.11. The average molecular weight is 465 g/mol. The molecule has 0 amide bonds. The smallest absolute Gasteiger partial charge is 0.480 e. The number of carboxylic acid groups (broad SMARTS) is 1. The zero-order valence-electron chi connectivity index (χ0n) is 16.4. The number of rotatable bonds is 3. The van der Waals surface area contributed by atoms with Gasteiger partial charge < -0.3 is 21.3 Å². The quantitative estimate of drug-likeness (QED) is 0.414. The summed E-state index contributed by atoms with van der Waals surface area (Å²) in [6, 6.07) is 15.5. The number of nitrogen functional groups attached to an aromatic ring is 1. The van der Waals surface area contributed by atoms with Crippen molar-refractivity contribution in [2.75, 3.05) is 12.3 Å². The van der Waals surface area contributed by atoms with E-state index in [0.717, 1.165) is 22.7 Å². The minimum Gasteiger partial charge on any atom is -0.480 e. The molecule has 0 fully saturated rings. The van der Waals surface area contributed by atoms with E-state index in [1.54, 1.807) is 12.4 Å². The van der Waals surface area contributed by atoms with Crippen LogP contribution in [0.15, 0.2) is 67.0 Å². The molecule has 0 aliphatic carbocycles. The van der Waals surface area contributed by atoms with Crippen LogP contribution in [0.5, 0.6) is 5.75 Å². The van der Waals surface area contributed by atoms with Crippen molar-refractivity contribution in [2.45, 2.75) is 6.36 Å². The second-order valence-corrected chi connectivity index (χ2v) is 6.82. The molecule has 3 aromatic heterocycles. The maximum Gasteiger partial charge on any atom is 0.573 e. The van der Waals surface area contributed by atoms with Crippen LogP contribution in [-0.2, 0) is 4.79 Å². The predicted octanol–water partition coefficient (Wildman–Crippen LogP) is 3.95. The van der Waals surface area contributed by atoms with E-state index < -0.39 is 12.3 Å². The SMILES string of the molecule is NCC(=O)O.Nc1nc2ccc(OC(F)(F)F)cc2s1.c1ccc(-c2ccccn2)nc1. The molecule has 0 radical (unpaired) electrons. The van der Waals surface area contributed by atoms with Gasteiger partial charge in [0.1, 0.15) is 5.75 Å². The zero-order valence-corrected chi connectivity index (χ0v) is 17.2. The van der Waals surface area contributed by atoms with Gasteiger partial charge in [0.2, 0.25) is 0 Å². The summed E-state index contributed by atoms with van der Waals surface area (Å²) in [6.45, 7) is -0.278. The molecule has 0 bridgehead atoms. The molecule has 168 valence electrons. The number of aliphatic carboxylic acids is 1. The van der Waals surface area contributed by atoms with E-state index >= 15 is 0 Å². The van der Waals surface area contributed by atoms with Crippen LogP contribution in [0.2, 0.25) is 0 Å². The lowest BCUT2D eigenvalue weighted by Gasteiger charge is -2.07. The molecule has 4 rings (SSSR count). The number of hydrogen-bond acceptors (Lipinski definition) is 8. The first-order valence-corrected chi connectivity index (χ1v) is 9.65. The maximum atomic E-state index is 11.9. The number of nitrogens with two attached hydrogens (primary N) is 2. The highest BCUT2D eigenvalue weighted by atomic mass is 32.1. The van der Waals surface area contributed by atoms with Crippen molar-refractivity contribution in [2.24, 2.45) is 5.73 Å². The van der Waals surface area contributed by atoms with E-state index in [-0.39, 0.29) is 12.3 Å². The highest BCUT2D eigenvalue weighted by molar-refractivity contribution is 7.22. The number of benzene rings is 1. The van der Waals surface area contributed by atoms with Crippen LogP contribution in [0.3, 0.4) is 0 Å². The molecule has 32 heavy (non-hydrogen) atoms. The largest absolute Gasteiger partial charge is 0.573 e. The molecule has 0 aliphatic heterocycles. The summed E-state index contributed by atoms with van der Waals surface area (Å²) in [4.78, 5) is 21.5. The minimum absolute atomic E-state index is 0.265. The molecule has 12 heteroatoms. The lowest BCUT2D eigenvalue weighted by molar-refractivity contribution is -0.274. The summed E-state index contributed by atoms with van der Waals surface area (Å²) < 4.78 is 40.0. The molecule has 8 nitrogen and oxygen atoms in total. The Labute approximate surface area is 184 Å². The second-order valence-electron chi connectivity index (χ2n) is 5.76. The Morgan fingerprint density at radius 3 is 2.03 bits per heavy atom. The van der Waals surface area contributed by atoms with E-state index in [9.17, 15) is 18.0 Å². The Hall–Kier alpha value is -3.77. The topological polar surface area (TPSA) is 137 Å². The number of alkyl halides is 3. The monoisotopic (exact) mass is 465 g/mol. The van der Waals surface area contributed by atoms with Crippen LogP contribution < -0.4 is 16.2 Å². The Morgan fingerprint density at radius 1 is 1.03 bits per heavy atom. The summed E-state index contributed by atoms with van der Waals surface area (Å²) in [5.74, 6) is -1.23. The summed E-state index contributed by atoms with van der Waals surface area (Å²) in [7, 11) is 0. The van der Waals surface area contributed by atoms with E-state index in [4.69, 9.17) is 10.8 Å². The first kappa shape index (κ1) is 24.5. The average Bonchev–Trinajstić information content (AvgIpc) is 3.14. The number of fused-ring (bicyclic) bond motifs is 1. The molecule has 0 saturated heterocycles. The third kappa shape index (κ3) is 8.53. The number of carboxylic acids is 1. The van der Waals surface area contributed by atoms with Crippen LogP contribution in [0.1, 0.15) is 0 Å². The van der Waals surface area contributed by atoms with E-state index in [1.807, 2.05) is 36.4 Å². The van der Waals surface area contributed by atoms with Crippen LogP contribution in [0, 0.1) is 0 Å². The number of carbonyl (C=O) groups is 1. The van der Waals surface area contributed by atoms with Gasteiger partial charge in [-0.1, -0.05) is 23.5 Å². The van der Waals surface area contributed by atoms with Gasteiger partial charge in [-0.25, -0.2) is 4.98 Å². The fraction of sp³-hybridized carbons (Fsp3) is 0.100. The number of ether oxygens (including phenoxy) is 1. The van der Waals surface area contributed by atoms with Crippen molar-refractivity contribution in [1.82, 2.24) is 15.0 Å². The highest BCUT2D eigenvalue weighted by Crippen LogP contribution is 2.30. The van der Waals surface area contributed by atoms with Gasteiger partial charge in [0, 0.05) is 18.5 Å². The first-order chi connectivity index (χ1) is 15.2. The maximum absolute atomic E-state index is 11.9. The van der Waals surface area contributed by atoms with Crippen LogP contribution in [-0.4, -0.2) is 38.9 Å². The van der Waals surface area contributed by atoms with E-state index in [2.05, 4.69) is 25.4 Å². The lowest BCUT2D eigenvalue weighted by Crippen LogP contribution is -2.16. The molecule has 4 aromatic rings. The summed E-state index contributed by atoms with van der Waals surface area (Å²) in [5.41, 5.74) is 12.4. The van der Waals surface area contributed by atoms with E-state index in [1.165, 1.54) is 18.2 Å². The summed E-state index contributed by atoms with van der Waals surface area (Å²) in [6.07, 6.45) is -1.14. The number of pyridine rings is 2. The standard InChI is InChI=1S/C10H8N2.C8H5F3N2OS.C2H5NO2/c1-3-7-11-9(5-1)10-6-2-4-8-12-10;9-8(10,11)14-4-1-2-5-6(3-4)15-7(12)13-5;3-1-2(4)5/h1-8H;1-3H,(H2,12,13);1,3H2,(H,4,5). The van der Waals surface area contributed by atoms with E-state index in [0.29, 0.717) is 15.3 Å². The number of thiazole rings is 1. The second kappa shape index (κ2) is 11.6. The third-order valence-corrected chi connectivity index (χ3v) is 4.22. The van der Waals surface area contributed by atoms with Crippen molar-refractivity contribution < 1.29 is 27.8 Å². The van der Waals surface area contributed by atoms with Gasteiger partial charge in [-0.15, -0.1) is 13.2 Å². The van der Waals surface area contributed by atoms with Crippen molar-refractivity contribution in [1.29, 1.82) is 0 Å². The van der Waals surface area contributed by atoms with Crippen molar-refractivity contribution in [3.05, 3.63) is 67.0 Å². The number of nitrogens with zero attached hydrogens (tertiary/aromatic N) is 3. The number of halogens is 3. The lowest BCUT2D eigenvalue weighted by atomic mass is 10.2. The Morgan fingerprint density at radius 2 is 1.59 bits per heavy atom. The van der Waals surface area contributed by atoms with Crippen molar-refractivity contribution in [3.63, 3.8) is 0 Å². The predicted molar refractivity (Wildman–Crippen MR) is 115 cm³/mol. The molecule has 0 saturated carbocycles. The van der Waals surface area contributed by atoms with Gasteiger partial charge in [0.05, 0.1) is 28.1 Å². The highest BCUT2D eigenvalue weighted by Gasteiger charge is 2.31. The van der Waals surface area contributed by atoms with Gasteiger partial charge in [-0.2, -0.15) is 0 Å². The fourth-order valence-corrected chi connectivity index (χ4v) is 2.91. The number of aromatic nitrogens is 3. The molecule has 1 aromatic carbocycles. The molecule has 5 N–H and O–H groups in total. The molecule has 0 spiro atoms.